The summed E-state index contributed by atoms with van der Waals surface area (Å²) in [6.07, 6.45) is 1.20. The minimum absolute atomic E-state index is 0.172. The van der Waals surface area contributed by atoms with Gasteiger partial charge in [0.1, 0.15) is 9.84 Å². The molecule has 1 aliphatic rings. The molecule has 19 heavy (non-hydrogen) atoms. The third kappa shape index (κ3) is 3.55. The summed E-state index contributed by atoms with van der Waals surface area (Å²) in [5.41, 5.74) is 6.84. The van der Waals surface area contributed by atoms with E-state index in [4.69, 9.17) is 5.73 Å². The third-order valence-electron chi connectivity index (χ3n) is 4.00. The van der Waals surface area contributed by atoms with E-state index < -0.39 is 9.84 Å². The zero-order valence-electron chi connectivity index (χ0n) is 11.3. The predicted octanol–water partition coefficient (Wildman–Crippen LogP) is 1.24. The number of rotatable bonds is 4. The maximum absolute atomic E-state index is 11.5. The van der Waals surface area contributed by atoms with Crippen LogP contribution in [0.4, 0.5) is 0 Å². The van der Waals surface area contributed by atoms with Crippen LogP contribution in [-0.4, -0.2) is 32.0 Å². The SMILES string of the molecule is CC(NC1(CN)CCS(=O)(=O)CC1)c1ccccc1. The molecule has 0 radical (unpaired) electrons. The van der Waals surface area contributed by atoms with Gasteiger partial charge in [0.05, 0.1) is 11.5 Å². The van der Waals surface area contributed by atoms with Crippen LogP contribution < -0.4 is 11.1 Å². The molecule has 3 N–H and O–H groups in total. The van der Waals surface area contributed by atoms with Crippen LogP contribution in [0.3, 0.4) is 0 Å². The minimum atomic E-state index is -2.86. The van der Waals surface area contributed by atoms with Gasteiger partial charge in [0.2, 0.25) is 0 Å². The van der Waals surface area contributed by atoms with E-state index in [9.17, 15) is 8.42 Å². The highest BCUT2D eigenvalue weighted by Crippen LogP contribution is 2.26. The van der Waals surface area contributed by atoms with Crippen molar-refractivity contribution in [1.29, 1.82) is 0 Å². The molecular weight excluding hydrogens is 260 g/mol. The zero-order chi connectivity index (χ0) is 13.9. The first-order valence-electron chi connectivity index (χ1n) is 6.69. The van der Waals surface area contributed by atoms with Crippen LogP contribution in [-0.2, 0) is 9.84 Å². The van der Waals surface area contributed by atoms with Gasteiger partial charge in [0.25, 0.3) is 0 Å². The van der Waals surface area contributed by atoms with E-state index in [1.165, 1.54) is 5.56 Å². The average Bonchev–Trinajstić information content (AvgIpc) is 2.42. The maximum atomic E-state index is 11.5. The van der Waals surface area contributed by atoms with Gasteiger partial charge in [-0.1, -0.05) is 30.3 Å². The molecule has 0 aliphatic carbocycles. The lowest BCUT2D eigenvalue weighted by Crippen LogP contribution is -2.56. The fourth-order valence-corrected chi connectivity index (χ4v) is 4.23. The van der Waals surface area contributed by atoms with E-state index in [0.29, 0.717) is 19.4 Å². The van der Waals surface area contributed by atoms with Gasteiger partial charge in [-0.15, -0.1) is 0 Å². The van der Waals surface area contributed by atoms with Crippen molar-refractivity contribution in [3.05, 3.63) is 35.9 Å². The van der Waals surface area contributed by atoms with Gasteiger partial charge >= 0.3 is 0 Å². The number of nitrogens with one attached hydrogen (secondary N) is 1. The summed E-state index contributed by atoms with van der Waals surface area (Å²) in [5.74, 6) is 0.470. The number of nitrogens with two attached hydrogens (primary N) is 1. The van der Waals surface area contributed by atoms with E-state index in [1.54, 1.807) is 0 Å². The van der Waals surface area contributed by atoms with Gasteiger partial charge in [0.15, 0.2) is 0 Å². The zero-order valence-corrected chi connectivity index (χ0v) is 12.1. The Labute approximate surface area is 115 Å². The molecular formula is C14H22N2O2S. The molecule has 1 fully saturated rings. The molecule has 1 saturated heterocycles. The summed E-state index contributed by atoms with van der Waals surface area (Å²) in [6, 6.07) is 10.3. The molecule has 1 aromatic rings. The summed E-state index contributed by atoms with van der Waals surface area (Å²) in [7, 11) is -2.86. The second-order valence-electron chi connectivity index (χ2n) is 5.41. The van der Waals surface area contributed by atoms with Gasteiger partial charge in [-0.05, 0) is 25.3 Å². The Bertz CT molecular complexity index is 500. The van der Waals surface area contributed by atoms with Crippen LogP contribution in [0.1, 0.15) is 31.4 Å². The summed E-state index contributed by atoms with van der Waals surface area (Å²) in [4.78, 5) is 0. The van der Waals surface area contributed by atoms with Crippen molar-refractivity contribution in [1.82, 2.24) is 5.32 Å². The molecule has 0 aromatic heterocycles. The predicted molar refractivity (Wildman–Crippen MR) is 77.7 cm³/mol. The van der Waals surface area contributed by atoms with Crippen LogP contribution in [0, 0.1) is 0 Å². The first-order chi connectivity index (χ1) is 8.96. The topological polar surface area (TPSA) is 72.2 Å². The normalized spacial score (nSPS) is 22.8. The van der Waals surface area contributed by atoms with E-state index >= 15 is 0 Å². The van der Waals surface area contributed by atoms with Crippen molar-refractivity contribution in [2.75, 3.05) is 18.1 Å². The van der Waals surface area contributed by atoms with E-state index in [-0.39, 0.29) is 23.1 Å². The van der Waals surface area contributed by atoms with Crippen LogP contribution >= 0.6 is 0 Å². The highest BCUT2D eigenvalue weighted by Gasteiger charge is 2.36. The lowest BCUT2D eigenvalue weighted by Gasteiger charge is -2.39. The lowest BCUT2D eigenvalue weighted by atomic mass is 9.90. The molecule has 5 heteroatoms. The Kier molecular flexibility index (Phi) is 4.28. The van der Waals surface area contributed by atoms with Crippen LogP contribution in [0.25, 0.3) is 0 Å². The molecule has 1 heterocycles. The Balaban J connectivity index is 2.07. The molecule has 2 rings (SSSR count). The summed E-state index contributed by atoms with van der Waals surface area (Å²) < 4.78 is 23.1. The maximum Gasteiger partial charge on any atom is 0.150 e. The monoisotopic (exact) mass is 282 g/mol. The number of sulfone groups is 1. The Morgan fingerprint density at radius 1 is 1.26 bits per heavy atom. The van der Waals surface area contributed by atoms with Gasteiger partial charge in [-0.2, -0.15) is 0 Å². The number of benzene rings is 1. The van der Waals surface area contributed by atoms with Crippen LogP contribution in [0.2, 0.25) is 0 Å². The summed E-state index contributed by atoms with van der Waals surface area (Å²) in [5, 5.41) is 3.55. The van der Waals surface area contributed by atoms with Crippen molar-refractivity contribution < 1.29 is 8.42 Å². The minimum Gasteiger partial charge on any atom is -0.329 e. The first-order valence-corrected chi connectivity index (χ1v) is 8.52. The largest absolute Gasteiger partial charge is 0.329 e. The second kappa shape index (κ2) is 5.61. The summed E-state index contributed by atoms with van der Waals surface area (Å²) in [6.45, 7) is 2.57. The molecule has 1 atom stereocenters. The molecule has 4 nitrogen and oxygen atoms in total. The standard InChI is InChI=1S/C14H22N2O2S/c1-12(13-5-3-2-4-6-13)16-14(11-15)7-9-19(17,18)10-8-14/h2-6,12,16H,7-11,15H2,1H3. The molecule has 0 saturated carbocycles. The van der Waals surface area contributed by atoms with Gasteiger partial charge in [0, 0.05) is 18.1 Å². The van der Waals surface area contributed by atoms with Crippen molar-refractivity contribution in [3.63, 3.8) is 0 Å². The molecule has 106 valence electrons. The fourth-order valence-electron chi connectivity index (χ4n) is 2.62. The van der Waals surface area contributed by atoms with Crippen molar-refractivity contribution in [2.24, 2.45) is 5.73 Å². The lowest BCUT2D eigenvalue weighted by molar-refractivity contribution is 0.274. The molecule has 1 unspecified atom stereocenters. The second-order valence-corrected chi connectivity index (χ2v) is 7.72. The van der Waals surface area contributed by atoms with Gasteiger partial charge < -0.3 is 11.1 Å². The van der Waals surface area contributed by atoms with Gasteiger partial charge in [-0.25, -0.2) is 8.42 Å². The Morgan fingerprint density at radius 2 is 1.84 bits per heavy atom. The smallest absolute Gasteiger partial charge is 0.150 e. The van der Waals surface area contributed by atoms with E-state index in [0.717, 1.165) is 0 Å². The summed E-state index contributed by atoms with van der Waals surface area (Å²) >= 11 is 0. The highest BCUT2D eigenvalue weighted by molar-refractivity contribution is 7.91. The Hall–Kier alpha value is -0.910. The van der Waals surface area contributed by atoms with Crippen molar-refractivity contribution in [3.8, 4) is 0 Å². The number of hydrogen-bond acceptors (Lipinski definition) is 4. The van der Waals surface area contributed by atoms with Crippen LogP contribution in [0.5, 0.6) is 0 Å². The molecule has 0 spiro atoms. The van der Waals surface area contributed by atoms with E-state index in [1.807, 2.05) is 18.2 Å². The quantitative estimate of drug-likeness (QED) is 0.871. The first kappa shape index (κ1) is 14.5. The van der Waals surface area contributed by atoms with Crippen LogP contribution in [0.15, 0.2) is 30.3 Å². The molecule has 0 amide bonds. The third-order valence-corrected chi connectivity index (χ3v) is 5.65. The fraction of sp³-hybridized carbons (Fsp3) is 0.571. The van der Waals surface area contributed by atoms with E-state index in [2.05, 4.69) is 24.4 Å². The molecule has 0 bridgehead atoms. The molecule has 1 aromatic carbocycles. The van der Waals surface area contributed by atoms with Crippen molar-refractivity contribution in [2.45, 2.75) is 31.3 Å². The van der Waals surface area contributed by atoms with Gasteiger partial charge in [-0.3, -0.25) is 0 Å². The molecule has 1 aliphatic heterocycles. The number of hydrogen-bond donors (Lipinski definition) is 2. The average molecular weight is 282 g/mol. The highest BCUT2D eigenvalue weighted by atomic mass is 32.2. The Morgan fingerprint density at radius 3 is 2.37 bits per heavy atom. The van der Waals surface area contributed by atoms with Crippen molar-refractivity contribution >= 4 is 9.84 Å².